The van der Waals surface area contributed by atoms with E-state index >= 15 is 0 Å². The molecule has 0 aromatic heterocycles. The van der Waals surface area contributed by atoms with Crippen molar-refractivity contribution < 1.29 is 0 Å². The van der Waals surface area contributed by atoms with E-state index in [-0.39, 0.29) is 0 Å². The maximum absolute atomic E-state index is 3.78. The Labute approximate surface area is 98.1 Å². The molecule has 14 heavy (non-hydrogen) atoms. The Bertz CT molecular complexity index is 301. The lowest BCUT2D eigenvalue weighted by Gasteiger charge is -2.10. The van der Waals surface area contributed by atoms with Gasteiger partial charge in [0.25, 0.3) is 0 Å². The van der Waals surface area contributed by atoms with Crippen LogP contribution in [0.15, 0.2) is 46.3 Å². The van der Waals surface area contributed by atoms with Crippen LogP contribution in [0.1, 0.15) is 0 Å². The predicted molar refractivity (Wildman–Crippen MR) is 67.9 cm³/mol. The average molecular weight is 272 g/mol. The maximum atomic E-state index is 3.78. The molecule has 0 aliphatic carbocycles. The van der Waals surface area contributed by atoms with Crippen molar-refractivity contribution in [3.8, 4) is 0 Å². The van der Waals surface area contributed by atoms with Gasteiger partial charge in [-0.2, -0.15) is 0 Å². The molecular weight excluding hydrogens is 258 g/mol. The van der Waals surface area contributed by atoms with E-state index in [1.54, 1.807) is 0 Å². The molecule has 1 N–H and O–H groups in total. The molecule has 0 spiro atoms. The predicted octanol–water partition coefficient (Wildman–Crippen LogP) is 3.32. The number of likely N-dealkylation sites (N-methyl/N-ethyl adjacent to an activating group) is 1. The molecule has 0 aliphatic rings. The Morgan fingerprint density at radius 3 is 3.00 bits per heavy atom. The van der Waals surface area contributed by atoms with Gasteiger partial charge in [-0.1, -0.05) is 28.1 Å². The lowest BCUT2D eigenvalue weighted by atomic mass is 10.3. The zero-order valence-electron chi connectivity index (χ0n) is 8.16. The summed E-state index contributed by atoms with van der Waals surface area (Å²) in [6, 6.07) is 8.70. The van der Waals surface area contributed by atoms with Crippen molar-refractivity contribution in [2.24, 2.45) is 0 Å². The minimum absolute atomic E-state index is 0.374. The number of thioether (sulfide) groups is 1. The molecule has 1 unspecified atom stereocenters. The lowest BCUT2D eigenvalue weighted by Crippen LogP contribution is -2.24. The molecule has 1 aromatic carbocycles. The fraction of sp³-hybridized carbons (Fsp3) is 0.273. The van der Waals surface area contributed by atoms with Crippen molar-refractivity contribution >= 4 is 27.7 Å². The van der Waals surface area contributed by atoms with Gasteiger partial charge in [0.15, 0.2) is 0 Å². The Balaban J connectivity index is 2.48. The van der Waals surface area contributed by atoms with Crippen molar-refractivity contribution in [3.63, 3.8) is 0 Å². The Morgan fingerprint density at radius 2 is 2.43 bits per heavy atom. The molecule has 1 aromatic rings. The molecular formula is C11H14BrNS. The zero-order valence-corrected chi connectivity index (χ0v) is 10.6. The molecule has 0 fully saturated rings. The normalized spacial score (nSPS) is 12.4. The summed E-state index contributed by atoms with van der Waals surface area (Å²) < 4.78 is 1.13. The minimum Gasteiger partial charge on any atom is -0.313 e. The van der Waals surface area contributed by atoms with Crippen LogP contribution in [0.3, 0.4) is 0 Å². The van der Waals surface area contributed by atoms with Crippen LogP contribution in [0.5, 0.6) is 0 Å². The van der Waals surface area contributed by atoms with E-state index in [0.717, 1.165) is 10.2 Å². The van der Waals surface area contributed by atoms with Crippen LogP contribution in [0.2, 0.25) is 0 Å². The second-order valence-electron chi connectivity index (χ2n) is 2.90. The van der Waals surface area contributed by atoms with Gasteiger partial charge in [0, 0.05) is 21.2 Å². The smallest absolute Gasteiger partial charge is 0.0339 e. The van der Waals surface area contributed by atoms with Gasteiger partial charge in [0.1, 0.15) is 0 Å². The van der Waals surface area contributed by atoms with Gasteiger partial charge in [-0.05, 0) is 25.2 Å². The molecule has 3 heteroatoms. The topological polar surface area (TPSA) is 12.0 Å². The van der Waals surface area contributed by atoms with E-state index < -0.39 is 0 Å². The quantitative estimate of drug-likeness (QED) is 0.652. The van der Waals surface area contributed by atoms with Crippen LogP contribution in [-0.4, -0.2) is 18.8 Å². The summed E-state index contributed by atoms with van der Waals surface area (Å²) >= 11 is 5.28. The second kappa shape index (κ2) is 6.27. The fourth-order valence-corrected chi connectivity index (χ4v) is 2.62. The van der Waals surface area contributed by atoms with Gasteiger partial charge in [-0.25, -0.2) is 0 Å². The van der Waals surface area contributed by atoms with E-state index in [1.165, 1.54) is 4.90 Å². The number of benzene rings is 1. The summed E-state index contributed by atoms with van der Waals surface area (Å²) in [4.78, 5) is 1.28. The van der Waals surface area contributed by atoms with E-state index in [0.29, 0.717) is 6.04 Å². The molecule has 0 bridgehead atoms. The number of rotatable bonds is 5. The lowest BCUT2D eigenvalue weighted by molar-refractivity contribution is 0.740. The summed E-state index contributed by atoms with van der Waals surface area (Å²) in [5.41, 5.74) is 0. The van der Waals surface area contributed by atoms with Crippen LogP contribution in [0.4, 0.5) is 0 Å². The van der Waals surface area contributed by atoms with E-state index in [1.807, 2.05) is 31.0 Å². The van der Waals surface area contributed by atoms with E-state index in [9.17, 15) is 0 Å². The number of hydrogen-bond acceptors (Lipinski definition) is 2. The summed E-state index contributed by atoms with van der Waals surface area (Å²) in [6.07, 6.45) is 1.94. The van der Waals surface area contributed by atoms with Crippen molar-refractivity contribution in [1.82, 2.24) is 5.32 Å². The van der Waals surface area contributed by atoms with Crippen LogP contribution in [0, 0.1) is 0 Å². The second-order valence-corrected chi connectivity index (χ2v) is 4.91. The van der Waals surface area contributed by atoms with Gasteiger partial charge in [0.05, 0.1) is 0 Å². The third kappa shape index (κ3) is 3.86. The summed E-state index contributed by atoms with van der Waals surface area (Å²) in [7, 11) is 1.95. The van der Waals surface area contributed by atoms with E-state index in [4.69, 9.17) is 0 Å². The molecule has 0 aliphatic heterocycles. The van der Waals surface area contributed by atoms with Crippen molar-refractivity contribution in [3.05, 3.63) is 41.4 Å². The third-order valence-electron chi connectivity index (χ3n) is 1.88. The highest BCUT2D eigenvalue weighted by molar-refractivity contribution is 9.10. The summed E-state index contributed by atoms with van der Waals surface area (Å²) in [5, 5.41) is 3.19. The zero-order chi connectivity index (χ0) is 10.4. The molecule has 0 radical (unpaired) electrons. The molecule has 0 saturated heterocycles. The highest BCUT2D eigenvalue weighted by atomic mass is 79.9. The van der Waals surface area contributed by atoms with Gasteiger partial charge < -0.3 is 5.32 Å². The molecule has 0 heterocycles. The first-order valence-corrected chi connectivity index (χ1v) is 6.22. The number of halogens is 1. The number of hydrogen-bond donors (Lipinski definition) is 1. The molecule has 1 rings (SSSR count). The highest BCUT2D eigenvalue weighted by Gasteiger charge is 2.01. The van der Waals surface area contributed by atoms with Gasteiger partial charge >= 0.3 is 0 Å². The van der Waals surface area contributed by atoms with Crippen LogP contribution >= 0.6 is 27.7 Å². The maximum Gasteiger partial charge on any atom is 0.0339 e. The Morgan fingerprint density at radius 1 is 1.64 bits per heavy atom. The Kier molecular flexibility index (Phi) is 5.30. The highest BCUT2D eigenvalue weighted by Crippen LogP contribution is 2.22. The molecule has 76 valence electrons. The van der Waals surface area contributed by atoms with Crippen LogP contribution in [0.25, 0.3) is 0 Å². The Hall–Kier alpha value is -0.250. The van der Waals surface area contributed by atoms with E-state index in [2.05, 4.69) is 46.0 Å². The molecule has 0 amide bonds. The minimum atomic E-state index is 0.374. The fourth-order valence-electron chi connectivity index (χ4n) is 1.01. The number of nitrogens with one attached hydrogen (secondary N) is 1. The van der Waals surface area contributed by atoms with Crippen molar-refractivity contribution in [2.75, 3.05) is 12.8 Å². The third-order valence-corrected chi connectivity index (χ3v) is 3.49. The SMILES string of the molecule is C=CC(CSc1cccc(Br)c1)NC. The molecule has 0 saturated carbocycles. The largest absolute Gasteiger partial charge is 0.313 e. The van der Waals surface area contributed by atoms with Crippen molar-refractivity contribution in [2.45, 2.75) is 10.9 Å². The first kappa shape index (κ1) is 11.8. The van der Waals surface area contributed by atoms with Crippen LogP contribution in [-0.2, 0) is 0 Å². The van der Waals surface area contributed by atoms with Crippen LogP contribution < -0.4 is 5.32 Å². The molecule has 1 nitrogen and oxygen atoms in total. The van der Waals surface area contributed by atoms with Gasteiger partial charge in [-0.3, -0.25) is 0 Å². The first-order valence-electron chi connectivity index (χ1n) is 4.44. The average Bonchev–Trinajstić information content (AvgIpc) is 2.19. The monoisotopic (exact) mass is 271 g/mol. The van der Waals surface area contributed by atoms with Gasteiger partial charge in [0.2, 0.25) is 0 Å². The molecule has 1 atom stereocenters. The van der Waals surface area contributed by atoms with Crippen molar-refractivity contribution in [1.29, 1.82) is 0 Å². The summed E-state index contributed by atoms with van der Waals surface area (Å²) in [6.45, 7) is 3.78. The summed E-state index contributed by atoms with van der Waals surface area (Å²) in [5.74, 6) is 1.01. The van der Waals surface area contributed by atoms with Gasteiger partial charge in [-0.15, -0.1) is 18.3 Å². The standard InChI is InChI=1S/C11H14BrNS/c1-3-10(13-2)8-14-11-6-4-5-9(12)7-11/h3-7,10,13H,1,8H2,2H3. The first-order chi connectivity index (χ1) is 6.76.